The van der Waals surface area contributed by atoms with Crippen molar-refractivity contribution in [1.82, 2.24) is 19.9 Å². The van der Waals surface area contributed by atoms with Crippen LogP contribution in [0, 0.1) is 11.3 Å². The van der Waals surface area contributed by atoms with E-state index in [2.05, 4.69) is 36.6 Å². The van der Waals surface area contributed by atoms with Crippen molar-refractivity contribution >= 4 is 28.2 Å². The summed E-state index contributed by atoms with van der Waals surface area (Å²) in [7, 11) is 1.58. The molecule has 4 rings (SSSR count). The molecule has 2 aliphatic rings. The Morgan fingerprint density at radius 2 is 2.14 bits per heavy atom. The van der Waals surface area contributed by atoms with Gasteiger partial charge in [-0.05, 0) is 25.7 Å². The summed E-state index contributed by atoms with van der Waals surface area (Å²) in [6, 6.07) is 5.47. The van der Waals surface area contributed by atoms with Crippen LogP contribution in [-0.4, -0.2) is 56.7 Å². The van der Waals surface area contributed by atoms with Crippen molar-refractivity contribution in [3.8, 4) is 11.9 Å². The lowest BCUT2D eigenvalue weighted by Gasteiger charge is -2.39. The van der Waals surface area contributed by atoms with Crippen LogP contribution in [0.15, 0.2) is 12.3 Å². The molecule has 2 bridgehead atoms. The van der Waals surface area contributed by atoms with Crippen molar-refractivity contribution in [2.75, 3.05) is 24.3 Å². The third kappa shape index (κ3) is 4.58. The Labute approximate surface area is 173 Å². The third-order valence-corrected chi connectivity index (χ3v) is 6.46. The van der Waals surface area contributed by atoms with Crippen LogP contribution in [0.1, 0.15) is 37.0 Å². The monoisotopic (exact) mass is 415 g/mol. The molecule has 4 heterocycles. The van der Waals surface area contributed by atoms with Gasteiger partial charge in [-0.25, -0.2) is 4.98 Å². The highest BCUT2D eigenvalue weighted by atomic mass is 32.1. The molecule has 9 nitrogen and oxygen atoms in total. The second-order valence-electron chi connectivity index (χ2n) is 7.38. The number of methoxy groups -OCH3 is 1. The van der Waals surface area contributed by atoms with Crippen molar-refractivity contribution in [3.63, 3.8) is 0 Å². The number of nitrogens with zero attached hydrogens (tertiary/aromatic N) is 5. The first-order chi connectivity index (χ1) is 14.2. The van der Waals surface area contributed by atoms with Crippen LogP contribution < -0.4 is 15.4 Å². The van der Waals surface area contributed by atoms with Gasteiger partial charge in [-0.15, -0.1) is 0 Å². The number of aromatic nitrogens is 3. The molecule has 10 heteroatoms. The molecule has 154 valence electrons. The van der Waals surface area contributed by atoms with Gasteiger partial charge in [-0.1, -0.05) is 11.3 Å². The summed E-state index contributed by atoms with van der Waals surface area (Å²) in [5, 5.41) is 25.4. The summed E-state index contributed by atoms with van der Waals surface area (Å²) in [6.07, 6.45) is 6.71. The molecule has 0 amide bonds. The lowest BCUT2D eigenvalue weighted by Crippen LogP contribution is -2.47. The Morgan fingerprint density at radius 1 is 1.34 bits per heavy atom. The molecule has 2 saturated heterocycles. The van der Waals surface area contributed by atoms with Crippen LogP contribution in [-0.2, 0) is 6.61 Å². The maximum Gasteiger partial charge on any atom is 0.234 e. The number of nitrogens with one attached hydrogen (secondary N) is 2. The number of fused-ring (bicyclic) bond motifs is 2. The average molecular weight is 416 g/mol. The van der Waals surface area contributed by atoms with Gasteiger partial charge in [0, 0.05) is 43.4 Å². The van der Waals surface area contributed by atoms with Crippen LogP contribution in [0.25, 0.3) is 0 Å². The molecule has 0 saturated carbocycles. The van der Waals surface area contributed by atoms with Gasteiger partial charge in [-0.2, -0.15) is 15.2 Å². The third-order valence-electron chi connectivity index (χ3n) is 5.56. The van der Waals surface area contributed by atoms with Crippen LogP contribution in [0.3, 0.4) is 0 Å². The lowest BCUT2D eigenvalue weighted by atomic mass is 9.97. The highest BCUT2D eigenvalue weighted by Gasteiger charge is 2.40. The molecule has 2 aromatic heterocycles. The first-order valence-corrected chi connectivity index (χ1v) is 10.6. The first-order valence-electron chi connectivity index (χ1n) is 9.83. The van der Waals surface area contributed by atoms with E-state index in [4.69, 9.17) is 10.00 Å². The molecular weight excluding hydrogens is 390 g/mol. The molecule has 29 heavy (non-hydrogen) atoms. The number of hydrogen-bond donors (Lipinski definition) is 3. The highest BCUT2D eigenvalue weighted by Crippen LogP contribution is 2.37. The molecule has 3 N–H and O–H groups in total. The second kappa shape index (κ2) is 8.90. The molecule has 0 radical (unpaired) electrons. The fourth-order valence-electron chi connectivity index (χ4n) is 4.34. The fraction of sp³-hybridized carbons (Fsp3) is 0.579. The molecule has 3 atom stereocenters. The van der Waals surface area contributed by atoms with Gasteiger partial charge in [0.15, 0.2) is 5.13 Å². The average Bonchev–Trinajstić information content (AvgIpc) is 3.27. The van der Waals surface area contributed by atoms with E-state index in [1.165, 1.54) is 24.2 Å². The zero-order valence-corrected chi connectivity index (χ0v) is 17.2. The molecule has 2 aliphatic heterocycles. The number of nitriles is 1. The summed E-state index contributed by atoms with van der Waals surface area (Å²) in [4.78, 5) is 16.4. The molecular formula is C19H25N7O2S. The number of aliphatic hydroxyl groups excluding tert-OH is 1. The van der Waals surface area contributed by atoms with E-state index in [9.17, 15) is 5.11 Å². The van der Waals surface area contributed by atoms with Crippen LogP contribution in [0.4, 0.5) is 16.9 Å². The normalized spacial score (nSPS) is 23.6. The van der Waals surface area contributed by atoms with Gasteiger partial charge in [-0.3, -0.25) is 10.2 Å². The maximum absolute atomic E-state index is 9.20. The summed E-state index contributed by atoms with van der Waals surface area (Å²) < 4.78 is 5.34. The van der Waals surface area contributed by atoms with Gasteiger partial charge in [0.1, 0.15) is 5.82 Å². The van der Waals surface area contributed by atoms with Crippen molar-refractivity contribution in [1.29, 1.82) is 5.26 Å². The topological polar surface area (TPSA) is 119 Å². The molecule has 1 unspecified atom stereocenters. The minimum Gasteiger partial charge on any atom is -0.481 e. The number of rotatable bonds is 8. The lowest BCUT2D eigenvalue weighted by molar-refractivity contribution is 0.135. The van der Waals surface area contributed by atoms with Crippen LogP contribution in [0.2, 0.25) is 0 Å². The Morgan fingerprint density at radius 3 is 2.79 bits per heavy atom. The van der Waals surface area contributed by atoms with E-state index in [1.807, 2.05) is 0 Å². The standard InChI is InChI=1S/C19H25N7O2S/c1-28-17-9-16(23-18(24-17)25-19-21-10-15(11-27)29-19)22-12-7-13-3-4-14(8-12)26(13)6-2-5-20/h9-10,12-14,27H,2-4,6-8,11H2,1H3,(H2,21,22,23,24,25)/t12?,13-,14+. The zero-order valence-electron chi connectivity index (χ0n) is 16.3. The van der Waals surface area contributed by atoms with Gasteiger partial charge >= 0.3 is 0 Å². The Bertz CT molecular complexity index is 870. The van der Waals surface area contributed by atoms with Crippen molar-refractivity contribution in [2.45, 2.75) is 56.8 Å². The van der Waals surface area contributed by atoms with E-state index >= 15 is 0 Å². The Balaban J connectivity index is 1.44. The molecule has 2 aromatic rings. The number of anilines is 3. The summed E-state index contributed by atoms with van der Waals surface area (Å²) in [6.45, 7) is 0.831. The summed E-state index contributed by atoms with van der Waals surface area (Å²) in [5.74, 6) is 1.59. The smallest absolute Gasteiger partial charge is 0.234 e. The SMILES string of the molecule is COc1cc(NC2C[C@H]3CC[C@@H](C2)N3CCC#N)nc(Nc2ncc(CO)s2)n1. The number of thiazole rings is 1. The van der Waals surface area contributed by atoms with Crippen molar-refractivity contribution in [3.05, 3.63) is 17.1 Å². The second-order valence-corrected chi connectivity index (χ2v) is 8.49. The van der Waals surface area contributed by atoms with Crippen LogP contribution >= 0.6 is 11.3 Å². The number of hydrogen-bond acceptors (Lipinski definition) is 10. The fourth-order valence-corrected chi connectivity index (χ4v) is 5.00. The quantitative estimate of drug-likeness (QED) is 0.597. The maximum atomic E-state index is 9.20. The zero-order chi connectivity index (χ0) is 20.2. The summed E-state index contributed by atoms with van der Waals surface area (Å²) >= 11 is 1.36. The predicted octanol–water partition coefficient (Wildman–Crippen LogP) is 2.50. The highest BCUT2D eigenvalue weighted by molar-refractivity contribution is 7.15. The van der Waals surface area contributed by atoms with E-state index in [-0.39, 0.29) is 6.61 Å². The molecule has 0 aliphatic carbocycles. The minimum absolute atomic E-state index is 0.0412. The van der Waals surface area contributed by atoms with Gasteiger partial charge in [0.05, 0.1) is 24.7 Å². The minimum atomic E-state index is -0.0412. The van der Waals surface area contributed by atoms with E-state index in [1.54, 1.807) is 19.4 Å². The Kier molecular flexibility index (Phi) is 6.08. The van der Waals surface area contributed by atoms with Crippen molar-refractivity contribution in [2.24, 2.45) is 0 Å². The first kappa shape index (κ1) is 19.8. The largest absolute Gasteiger partial charge is 0.481 e. The number of aliphatic hydroxyl groups is 1. The number of piperidine rings is 1. The predicted molar refractivity (Wildman–Crippen MR) is 110 cm³/mol. The van der Waals surface area contributed by atoms with E-state index < -0.39 is 0 Å². The van der Waals surface area contributed by atoms with Gasteiger partial charge in [0.25, 0.3) is 0 Å². The van der Waals surface area contributed by atoms with E-state index in [0.717, 1.165) is 24.3 Å². The van der Waals surface area contributed by atoms with Gasteiger partial charge in [0.2, 0.25) is 11.8 Å². The van der Waals surface area contributed by atoms with E-state index in [0.29, 0.717) is 47.3 Å². The van der Waals surface area contributed by atoms with Crippen LogP contribution in [0.5, 0.6) is 5.88 Å². The Hall–Kier alpha value is -2.48. The molecule has 0 aromatic carbocycles. The summed E-state index contributed by atoms with van der Waals surface area (Å²) in [5.41, 5.74) is 0. The number of ether oxygens (including phenoxy) is 1. The van der Waals surface area contributed by atoms with Gasteiger partial charge < -0.3 is 15.2 Å². The van der Waals surface area contributed by atoms with Crippen molar-refractivity contribution < 1.29 is 9.84 Å². The molecule has 0 spiro atoms. The molecule has 2 fully saturated rings.